The van der Waals surface area contributed by atoms with E-state index in [1.165, 1.54) is 0 Å². The van der Waals surface area contributed by atoms with E-state index in [-0.39, 0.29) is 30.3 Å². The lowest BCUT2D eigenvalue weighted by Gasteiger charge is -2.39. The fourth-order valence-electron chi connectivity index (χ4n) is 5.72. The van der Waals surface area contributed by atoms with Gasteiger partial charge in [-0.15, -0.1) is 0 Å². The van der Waals surface area contributed by atoms with Gasteiger partial charge in [-0.05, 0) is 67.2 Å². The van der Waals surface area contributed by atoms with Crippen molar-refractivity contribution in [1.29, 1.82) is 0 Å². The molecule has 1 aliphatic carbocycles. The second-order valence-corrected chi connectivity index (χ2v) is 12.8. The van der Waals surface area contributed by atoms with Crippen molar-refractivity contribution in [2.24, 2.45) is 11.3 Å². The molecule has 1 saturated heterocycles. The maximum absolute atomic E-state index is 13.5. The first kappa shape index (κ1) is 28.7. The molecule has 1 unspecified atom stereocenters. The van der Waals surface area contributed by atoms with E-state index >= 15 is 0 Å². The Labute approximate surface area is 232 Å². The number of likely N-dealkylation sites (tertiary alicyclic amines) is 1. The average molecular weight is 535 g/mol. The number of nitrogens with zero attached hydrogens (tertiary/aromatic N) is 1. The zero-order valence-corrected chi connectivity index (χ0v) is 24.1. The van der Waals surface area contributed by atoms with E-state index < -0.39 is 23.7 Å². The summed E-state index contributed by atoms with van der Waals surface area (Å²) in [5.41, 5.74) is 3.96. The van der Waals surface area contributed by atoms with Gasteiger partial charge in [0.25, 0.3) is 0 Å². The van der Waals surface area contributed by atoms with Crippen LogP contribution in [0.3, 0.4) is 0 Å². The van der Waals surface area contributed by atoms with Crippen LogP contribution in [0.1, 0.15) is 77.8 Å². The molecule has 0 saturated carbocycles. The molecule has 0 spiro atoms. The summed E-state index contributed by atoms with van der Waals surface area (Å²) in [6, 6.07) is 15.2. The molecule has 0 radical (unpaired) electrons. The Balaban J connectivity index is 1.43. The van der Waals surface area contributed by atoms with Crippen LogP contribution in [0.15, 0.2) is 48.5 Å². The van der Waals surface area contributed by atoms with E-state index in [2.05, 4.69) is 50.4 Å². The molecule has 0 aromatic heterocycles. The average Bonchev–Trinajstić information content (AvgIpc) is 3.19. The highest BCUT2D eigenvalue weighted by Gasteiger charge is 2.36. The van der Waals surface area contributed by atoms with Gasteiger partial charge in [0.1, 0.15) is 18.2 Å². The van der Waals surface area contributed by atoms with Crippen molar-refractivity contribution in [3.8, 4) is 11.1 Å². The number of alkyl carbamates (subject to hydrolysis) is 1. The summed E-state index contributed by atoms with van der Waals surface area (Å²) in [6.45, 7) is 13.3. The van der Waals surface area contributed by atoms with Crippen LogP contribution in [0.4, 0.5) is 4.79 Å². The quantitative estimate of drug-likeness (QED) is 0.466. The van der Waals surface area contributed by atoms with Crippen LogP contribution in [0.5, 0.6) is 0 Å². The van der Waals surface area contributed by atoms with Gasteiger partial charge in [0, 0.05) is 19.0 Å². The Morgan fingerprint density at radius 1 is 0.897 bits per heavy atom. The molecule has 2 amide bonds. The van der Waals surface area contributed by atoms with E-state index in [0.29, 0.717) is 19.0 Å². The fourth-order valence-corrected chi connectivity index (χ4v) is 5.72. The summed E-state index contributed by atoms with van der Waals surface area (Å²) in [4.78, 5) is 41.0. The third-order valence-electron chi connectivity index (χ3n) is 7.76. The van der Waals surface area contributed by atoms with Crippen molar-refractivity contribution < 1.29 is 23.9 Å². The number of rotatable bonds is 6. The summed E-state index contributed by atoms with van der Waals surface area (Å²) >= 11 is 0. The molecule has 1 fully saturated rings. The van der Waals surface area contributed by atoms with Crippen LogP contribution in [0.2, 0.25) is 0 Å². The van der Waals surface area contributed by atoms with E-state index in [9.17, 15) is 14.4 Å². The van der Waals surface area contributed by atoms with Crippen LogP contribution in [0, 0.1) is 11.3 Å². The molecule has 39 heavy (non-hydrogen) atoms. The van der Waals surface area contributed by atoms with Crippen molar-refractivity contribution in [3.63, 3.8) is 0 Å². The van der Waals surface area contributed by atoms with Crippen molar-refractivity contribution in [3.05, 3.63) is 59.7 Å². The molecule has 4 rings (SSSR count). The van der Waals surface area contributed by atoms with Gasteiger partial charge in [-0.25, -0.2) is 4.79 Å². The van der Waals surface area contributed by atoms with E-state index in [1.54, 1.807) is 25.7 Å². The summed E-state index contributed by atoms with van der Waals surface area (Å²) in [7, 11) is 0. The van der Waals surface area contributed by atoms with Gasteiger partial charge in [-0.1, -0.05) is 69.3 Å². The number of ether oxygens (including phenoxy) is 2. The van der Waals surface area contributed by atoms with Crippen molar-refractivity contribution in [1.82, 2.24) is 10.2 Å². The molecule has 7 nitrogen and oxygen atoms in total. The molecule has 7 heteroatoms. The minimum atomic E-state index is -1.05. The zero-order chi connectivity index (χ0) is 28.4. The maximum Gasteiger partial charge on any atom is 0.407 e. The molecule has 1 atom stereocenters. The van der Waals surface area contributed by atoms with Crippen LogP contribution >= 0.6 is 0 Å². The molecule has 2 aromatic carbocycles. The van der Waals surface area contributed by atoms with Gasteiger partial charge in [0.05, 0.1) is 6.42 Å². The summed E-state index contributed by atoms with van der Waals surface area (Å²) < 4.78 is 11.1. The highest BCUT2D eigenvalue weighted by Crippen LogP contribution is 2.44. The molecule has 1 N–H and O–H groups in total. The molecule has 0 bridgehead atoms. The Bertz CT molecular complexity index is 1160. The molecular weight excluding hydrogens is 492 g/mol. The predicted molar refractivity (Wildman–Crippen MR) is 151 cm³/mol. The first-order valence-corrected chi connectivity index (χ1v) is 14.0. The molecule has 1 aliphatic heterocycles. The van der Waals surface area contributed by atoms with E-state index in [1.807, 2.05) is 24.3 Å². The van der Waals surface area contributed by atoms with Crippen LogP contribution in [-0.2, 0) is 19.1 Å². The summed E-state index contributed by atoms with van der Waals surface area (Å²) in [6.07, 6.45) is 0.807. The number of carbonyl (C=O) groups is 3. The van der Waals surface area contributed by atoms with E-state index in [0.717, 1.165) is 35.1 Å². The molecule has 210 valence electrons. The zero-order valence-electron chi connectivity index (χ0n) is 24.1. The number of hydrogen-bond donors (Lipinski definition) is 1. The fraction of sp³-hybridized carbons (Fsp3) is 0.531. The number of nitrogens with one attached hydrogen (secondary N) is 1. The van der Waals surface area contributed by atoms with Gasteiger partial charge >= 0.3 is 12.1 Å². The second kappa shape index (κ2) is 11.4. The normalized spacial score (nSPS) is 16.7. The Hall–Kier alpha value is -3.35. The summed E-state index contributed by atoms with van der Waals surface area (Å²) in [5, 5.41) is 2.69. The van der Waals surface area contributed by atoms with Gasteiger partial charge in [0.2, 0.25) is 5.91 Å². The molecule has 2 aliphatic rings. The van der Waals surface area contributed by atoms with Crippen molar-refractivity contribution >= 4 is 18.0 Å². The third-order valence-corrected chi connectivity index (χ3v) is 7.76. The number of hydrogen-bond acceptors (Lipinski definition) is 5. The topological polar surface area (TPSA) is 84.9 Å². The van der Waals surface area contributed by atoms with Crippen molar-refractivity contribution in [2.75, 3.05) is 19.7 Å². The first-order chi connectivity index (χ1) is 18.3. The van der Waals surface area contributed by atoms with Gasteiger partial charge in [-0.3, -0.25) is 9.59 Å². The standard InChI is InChI=1S/C32H42N2O5/c1-31(2,3)21-15-17-34(18-16-21)29(36)27(19-28(35)39-32(4,5)6)33-30(37)38-20-26-24-13-9-7-11-22(24)23-12-8-10-14-25(23)26/h7-14,21,26-27H,15-20H2,1-6H3,(H,33,37). The first-order valence-electron chi connectivity index (χ1n) is 14.0. The van der Waals surface area contributed by atoms with Crippen LogP contribution in [-0.4, -0.2) is 54.2 Å². The minimum absolute atomic E-state index is 0.0976. The van der Waals surface area contributed by atoms with Crippen molar-refractivity contribution in [2.45, 2.75) is 78.4 Å². The minimum Gasteiger partial charge on any atom is -0.460 e. The molecular formula is C32H42N2O5. The summed E-state index contributed by atoms with van der Waals surface area (Å²) in [5.74, 6) is -0.397. The Morgan fingerprint density at radius 2 is 1.44 bits per heavy atom. The number of fused-ring (bicyclic) bond motifs is 3. The number of piperidine rings is 1. The lowest BCUT2D eigenvalue weighted by Crippen LogP contribution is -2.52. The number of carbonyl (C=O) groups excluding carboxylic acids is 3. The lowest BCUT2D eigenvalue weighted by atomic mass is 9.75. The Morgan fingerprint density at radius 3 is 1.95 bits per heavy atom. The number of benzene rings is 2. The lowest BCUT2D eigenvalue weighted by molar-refractivity contribution is -0.157. The van der Waals surface area contributed by atoms with Crippen LogP contribution in [0.25, 0.3) is 11.1 Å². The molecule has 1 heterocycles. The highest BCUT2D eigenvalue weighted by atomic mass is 16.6. The number of amides is 2. The smallest absolute Gasteiger partial charge is 0.407 e. The number of esters is 1. The van der Waals surface area contributed by atoms with Gasteiger partial charge < -0.3 is 19.7 Å². The predicted octanol–water partition coefficient (Wildman–Crippen LogP) is 5.91. The van der Waals surface area contributed by atoms with Gasteiger partial charge in [0.15, 0.2) is 0 Å². The van der Waals surface area contributed by atoms with Gasteiger partial charge in [-0.2, -0.15) is 0 Å². The monoisotopic (exact) mass is 534 g/mol. The largest absolute Gasteiger partial charge is 0.460 e. The van der Waals surface area contributed by atoms with Crippen LogP contribution < -0.4 is 5.32 Å². The highest BCUT2D eigenvalue weighted by molar-refractivity contribution is 5.90. The third kappa shape index (κ3) is 7.00. The Kier molecular flexibility index (Phi) is 8.38. The molecule has 2 aromatic rings. The second-order valence-electron chi connectivity index (χ2n) is 12.8. The maximum atomic E-state index is 13.5. The SMILES string of the molecule is CC(C)(C)OC(=O)CC(NC(=O)OCC1c2ccccc2-c2ccccc21)C(=O)N1CCC(C(C)(C)C)CC1. The van der Waals surface area contributed by atoms with E-state index in [4.69, 9.17) is 9.47 Å².